The van der Waals surface area contributed by atoms with Gasteiger partial charge in [-0.25, -0.2) is 8.42 Å². The molecule has 0 radical (unpaired) electrons. The van der Waals surface area contributed by atoms with Gasteiger partial charge in [0.1, 0.15) is 4.90 Å². The van der Waals surface area contributed by atoms with E-state index in [-0.39, 0.29) is 22.5 Å². The van der Waals surface area contributed by atoms with Gasteiger partial charge < -0.3 is 10.6 Å². The summed E-state index contributed by atoms with van der Waals surface area (Å²) < 4.78 is 27.8. The highest BCUT2D eigenvalue weighted by atomic mass is 32.2. The van der Waals surface area contributed by atoms with Gasteiger partial charge in [-0.05, 0) is 49.4 Å². The van der Waals surface area contributed by atoms with Crippen LogP contribution in [0.4, 0.5) is 17.1 Å². The number of amides is 1. The molecule has 0 spiro atoms. The number of nitro groups is 1. The normalized spacial score (nSPS) is 17.6. The summed E-state index contributed by atoms with van der Waals surface area (Å²) in [5.41, 5.74) is 2.81. The molecule has 0 aromatic heterocycles. The Morgan fingerprint density at radius 3 is 2.58 bits per heavy atom. The van der Waals surface area contributed by atoms with Crippen LogP contribution in [0.3, 0.4) is 0 Å². The van der Waals surface area contributed by atoms with Crippen molar-refractivity contribution in [2.24, 2.45) is 0 Å². The molecule has 2 heterocycles. The number of carbonyl (C=O) groups excluding carboxylic acids is 1. The van der Waals surface area contributed by atoms with Gasteiger partial charge in [-0.1, -0.05) is 12.1 Å². The Bertz CT molecular complexity index is 1140. The summed E-state index contributed by atoms with van der Waals surface area (Å²) in [6.07, 6.45) is 2.63. The highest BCUT2D eigenvalue weighted by molar-refractivity contribution is 7.89. The van der Waals surface area contributed by atoms with Crippen molar-refractivity contribution in [1.82, 2.24) is 4.31 Å². The second-order valence-electron chi connectivity index (χ2n) is 7.88. The van der Waals surface area contributed by atoms with Crippen LogP contribution in [0.5, 0.6) is 0 Å². The second-order valence-corrected chi connectivity index (χ2v) is 9.79. The van der Waals surface area contributed by atoms with Crippen molar-refractivity contribution in [1.29, 1.82) is 0 Å². The third-order valence-electron chi connectivity index (χ3n) is 5.76. The van der Waals surface area contributed by atoms with Crippen LogP contribution in [0.25, 0.3) is 0 Å². The summed E-state index contributed by atoms with van der Waals surface area (Å²) in [7, 11) is -3.85. The van der Waals surface area contributed by atoms with Crippen LogP contribution in [0, 0.1) is 10.1 Å². The number of rotatable bonds is 6. The Hall–Kier alpha value is -2.98. The van der Waals surface area contributed by atoms with Crippen LogP contribution >= 0.6 is 0 Å². The number of sulfonamides is 1. The summed E-state index contributed by atoms with van der Waals surface area (Å²) in [6, 6.07) is 9.35. The molecule has 2 aromatic carbocycles. The molecule has 2 aliphatic heterocycles. The number of nitro benzene ring substituents is 1. The van der Waals surface area contributed by atoms with E-state index in [9.17, 15) is 23.3 Å². The molecule has 2 N–H and O–H groups in total. The summed E-state index contributed by atoms with van der Waals surface area (Å²) in [5.74, 6) is -0.00550. The van der Waals surface area contributed by atoms with Gasteiger partial charge in [0.2, 0.25) is 15.9 Å². The fraction of sp³-hybridized carbons (Fsp3) is 0.381. The van der Waals surface area contributed by atoms with Crippen LogP contribution in [0.15, 0.2) is 41.3 Å². The van der Waals surface area contributed by atoms with Crippen LogP contribution in [0.1, 0.15) is 43.4 Å². The predicted octanol–water partition coefficient (Wildman–Crippen LogP) is 3.44. The van der Waals surface area contributed by atoms with E-state index in [0.29, 0.717) is 31.6 Å². The molecule has 1 saturated heterocycles. The average molecular weight is 445 g/mol. The number of hydrogen-bond acceptors (Lipinski definition) is 6. The van der Waals surface area contributed by atoms with Gasteiger partial charge in [0.05, 0.1) is 10.6 Å². The quantitative estimate of drug-likeness (QED) is 0.520. The number of anilines is 2. The molecule has 9 nitrogen and oxygen atoms in total. The molecule has 1 amide bonds. The molecule has 2 aliphatic rings. The van der Waals surface area contributed by atoms with E-state index in [1.165, 1.54) is 16.4 Å². The monoisotopic (exact) mass is 444 g/mol. The van der Waals surface area contributed by atoms with Crippen molar-refractivity contribution < 1.29 is 18.1 Å². The Morgan fingerprint density at radius 2 is 1.87 bits per heavy atom. The molecule has 10 heteroatoms. The van der Waals surface area contributed by atoms with Crippen LogP contribution < -0.4 is 10.6 Å². The first-order chi connectivity index (χ1) is 14.8. The van der Waals surface area contributed by atoms with Gasteiger partial charge in [0.15, 0.2) is 0 Å². The Balaban J connectivity index is 1.66. The minimum atomic E-state index is -3.85. The zero-order chi connectivity index (χ0) is 22.2. The van der Waals surface area contributed by atoms with E-state index in [1.54, 1.807) is 0 Å². The predicted molar refractivity (Wildman–Crippen MR) is 117 cm³/mol. The number of non-ortho nitro benzene ring substituents is 1. The van der Waals surface area contributed by atoms with Crippen molar-refractivity contribution in [3.8, 4) is 0 Å². The topological polar surface area (TPSA) is 122 Å². The van der Waals surface area contributed by atoms with Crippen molar-refractivity contribution in [3.05, 3.63) is 57.6 Å². The molecule has 31 heavy (non-hydrogen) atoms. The maximum atomic E-state index is 13.2. The summed E-state index contributed by atoms with van der Waals surface area (Å²) in [6.45, 7) is 2.73. The molecule has 164 valence electrons. The summed E-state index contributed by atoms with van der Waals surface area (Å²) in [5, 5.41) is 17.3. The Labute approximate surface area is 180 Å². The fourth-order valence-electron chi connectivity index (χ4n) is 4.01. The first-order valence-corrected chi connectivity index (χ1v) is 11.7. The van der Waals surface area contributed by atoms with Gasteiger partial charge in [0.25, 0.3) is 5.69 Å². The molecule has 0 saturated carbocycles. The van der Waals surface area contributed by atoms with E-state index in [1.807, 2.05) is 25.1 Å². The molecular weight excluding hydrogens is 420 g/mol. The molecule has 1 unspecified atom stereocenters. The minimum Gasteiger partial charge on any atom is -0.377 e. The molecular formula is C21H24N4O5S. The van der Waals surface area contributed by atoms with E-state index in [0.717, 1.165) is 35.7 Å². The van der Waals surface area contributed by atoms with Gasteiger partial charge in [-0.2, -0.15) is 4.31 Å². The summed E-state index contributed by atoms with van der Waals surface area (Å²) >= 11 is 0. The Morgan fingerprint density at radius 1 is 1.13 bits per heavy atom. The Kier molecular flexibility index (Phi) is 5.67. The number of hydrogen-bond donors (Lipinski definition) is 2. The lowest BCUT2D eigenvalue weighted by molar-refractivity contribution is -0.385. The number of nitrogens with zero attached hydrogens (tertiary/aromatic N) is 2. The lowest BCUT2D eigenvalue weighted by Gasteiger charge is -2.23. The number of fused-ring (bicyclic) bond motifs is 1. The second kappa shape index (κ2) is 8.27. The lowest BCUT2D eigenvalue weighted by atomic mass is 9.97. The number of nitrogens with one attached hydrogen (secondary N) is 2. The smallest absolute Gasteiger partial charge is 0.270 e. The first kappa shape index (κ1) is 21.3. The van der Waals surface area contributed by atoms with E-state index >= 15 is 0 Å². The maximum absolute atomic E-state index is 13.2. The van der Waals surface area contributed by atoms with Crippen LogP contribution in [0.2, 0.25) is 0 Å². The molecule has 0 aliphatic carbocycles. The van der Waals surface area contributed by atoms with Crippen molar-refractivity contribution in [3.63, 3.8) is 0 Å². The number of benzene rings is 2. The summed E-state index contributed by atoms with van der Waals surface area (Å²) in [4.78, 5) is 22.2. The van der Waals surface area contributed by atoms with E-state index < -0.39 is 14.9 Å². The molecule has 1 atom stereocenters. The average Bonchev–Trinajstić information content (AvgIpc) is 3.29. The largest absolute Gasteiger partial charge is 0.377 e. The lowest BCUT2D eigenvalue weighted by Crippen LogP contribution is -2.28. The third-order valence-corrected chi connectivity index (χ3v) is 7.69. The highest BCUT2D eigenvalue weighted by Crippen LogP contribution is 2.34. The SMILES string of the molecule is CC(Nc1ccc([N+](=O)[O-])cc1S(=O)(=O)N1CCCC1)c1ccc2c(c1)CCC(=O)N2. The van der Waals surface area contributed by atoms with Gasteiger partial charge in [0, 0.05) is 43.4 Å². The van der Waals surface area contributed by atoms with Crippen molar-refractivity contribution in [2.45, 2.75) is 43.5 Å². The van der Waals surface area contributed by atoms with Gasteiger partial charge in [-0.3, -0.25) is 14.9 Å². The van der Waals surface area contributed by atoms with Crippen LogP contribution in [-0.4, -0.2) is 36.6 Å². The number of aryl methyl sites for hydroxylation is 1. The van der Waals surface area contributed by atoms with Crippen LogP contribution in [-0.2, 0) is 21.2 Å². The van der Waals surface area contributed by atoms with Gasteiger partial charge >= 0.3 is 0 Å². The minimum absolute atomic E-state index is 0.00550. The first-order valence-electron chi connectivity index (χ1n) is 10.2. The molecule has 1 fully saturated rings. The zero-order valence-electron chi connectivity index (χ0n) is 17.1. The zero-order valence-corrected chi connectivity index (χ0v) is 17.9. The maximum Gasteiger partial charge on any atom is 0.270 e. The highest BCUT2D eigenvalue weighted by Gasteiger charge is 2.31. The number of carbonyl (C=O) groups is 1. The van der Waals surface area contributed by atoms with Crippen molar-refractivity contribution >= 4 is 33.0 Å². The van der Waals surface area contributed by atoms with Gasteiger partial charge in [-0.15, -0.1) is 0 Å². The molecule has 2 aromatic rings. The fourth-order valence-corrected chi connectivity index (χ4v) is 5.71. The third kappa shape index (κ3) is 4.26. The molecule has 0 bridgehead atoms. The van der Waals surface area contributed by atoms with E-state index in [4.69, 9.17) is 0 Å². The van der Waals surface area contributed by atoms with Crippen molar-refractivity contribution in [2.75, 3.05) is 23.7 Å². The molecule has 4 rings (SSSR count). The standard InChI is InChI=1S/C21H24N4O5S/c1-14(15-4-7-18-16(12-15)5-9-21(26)23-18)22-19-8-6-17(25(27)28)13-20(19)31(29,30)24-10-2-3-11-24/h4,6-8,12-14,22H,2-3,5,9-11H2,1H3,(H,23,26). The van der Waals surface area contributed by atoms with E-state index in [2.05, 4.69) is 10.6 Å².